The van der Waals surface area contributed by atoms with Gasteiger partial charge in [-0.1, -0.05) is 142 Å². The van der Waals surface area contributed by atoms with Crippen LogP contribution in [0.4, 0.5) is 0 Å². The molecular weight excluding hydrogens is 493 g/mol. The van der Waals surface area contributed by atoms with E-state index in [9.17, 15) is 4.57 Å². The average molecular weight is 562 g/mol. The maximum Gasteiger partial charge on any atom is 0.469 e. The molecule has 0 rings (SSSR count). The van der Waals surface area contributed by atoms with Crippen LogP contribution in [0.1, 0.15) is 168 Å². The van der Waals surface area contributed by atoms with E-state index in [2.05, 4.69) is 49.5 Å². The van der Waals surface area contributed by atoms with Crippen molar-refractivity contribution < 1.29 is 18.9 Å². The van der Waals surface area contributed by atoms with Crippen molar-refractivity contribution >= 4 is 7.82 Å². The summed E-state index contributed by atoms with van der Waals surface area (Å²) in [6.45, 7) is 5.95. The van der Waals surface area contributed by atoms with Gasteiger partial charge < -0.3 is 14.7 Å². The molecule has 0 aliphatic heterocycles. The van der Waals surface area contributed by atoms with Crippen LogP contribution < -0.4 is 0 Å². The Morgan fingerprint density at radius 1 is 0.553 bits per heavy atom. The highest BCUT2D eigenvalue weighted by atomic mass is 31.2. The van der Waals surface area contributed by atoms with Gasteiger partial charge in [0.2, 0.25) is 0 Å². The van der Waals surface area contributed by atoms with Crippen LogP contribution in [0.3, 0.4) is 0 Å². The summed E-state index contributed by atoms with van der Waals surface area (Å²) in [4.78, 5) is 19.3. The van der Waals surface area contributed by atoms with E-state index in [1.165, 1.54) is 141 Å². The van der Waals surface area contributed by atoms with Crippen LogP contribution in [0.25, 0.3) is 0 Å². The van der Waals surface area contributed by atoms with Gasteiger partial charge in [-0.15, -0.1) is 0 Å². The maximum atomic E-state index is 10.5. The fraction of sp³-hybridized carbons (Fsp3) is 0.938. The standard InChI is InChI=1S/C18H37O4P.C14H31N/c1-2-3-4-5-6-7-8-9-10-11-12-13-14-15-16-17-18-22-23(19,20)21;1-4-5-6-7-8-9-10-11-12-13-14-15(2)3/h9-10H,2-8,11-18H2,1H3,(H2,19,20,21);4-14H2,1-3H3/b10-9-;. The third-order valence-corrected chi connectivity index (χ3v) is 7.39. The van der Waals surface area contributed by atoms with E-state index in [4.69, 9.17) is 9.79 Å². The molecule has 0 fully saturated rings. The molecule has 0 saturated carbocycles. The molecule has 2 N–H and O–H groups in total. The Balaban J connectivity index is 0. The van der Waals surface area contributed by atoms with Crippen molar-refractivity contribution in [3.63, 3.8) is 0 Å². The second kappa shape index (κ2) is 33.0. The summed E-state index contributed by atoms with van der Waals surface area (Å²) in [5, 5.41) is 0. The molecule has 0 amide bonds. The number of phosphoric acid groups is 1. The van der Waals surface area contributed by atoms with Gasteiger partial charge in [-0.2, -0.15) is 0 Å². The minimum atomic E-state index is -4.26. The maximum absolute atomic E-state index is 10.5. The topological polar surface area (TPSA) is 70.0 Å². The Bertz CT molecular complexity index is 508. The van der Waals surface area contributed by atoms with Crippen molar-refractivity contribution in [3.05, 3.63) is 12.2 Å². The first-order chi connectivity index (χ1) is 18.3. The zero-order chi connectivity index (χ0) is 28.6. The zero-order valence-electron chi connectivity index (χ0n) is 26.1. The van der Waals surface area contributed by atoms with Gasteiger partial charge in [0.25, 0.3) is 0 Å². The first-order valence-electron chi connectivity index (χ1n) is 16.3. The average Bonchev–Trinajstić information content (AvgIpc) is 2.86. The number of nitrogens with zero attached hydrogens (tertiary/aromatic N) is 1. The van der Waals surface area contributed by atoms with Gasteiger partial charge >= 0.3 is 7.82 Å². The minimum Gasteiger partial charge on any atom is -0.309 e. The molecule has 0 aliphatic rings. The van der Waals surface area contributed by atoms with E-state index in [1.54, 1.807) is 0 Å². The second-order valence-corrected chi connectivity index (χ2v) is 12.5. The van der Waals surface area contributed by atoms with Crippen molar-refractivity contribution in [2.75, 3.05) is 27.2 Å². The van der Waals surface area contributed by atoms with E-state index in [0.29, 0.717) is 0 Å². The first-order valence-corrected chi connectivity index (χ1v) is 17.9. The predicted octanol–water partition coefficient (Wildman–Crippen LogP) is 10.6. The lowest BCUT2D eigenvalue weighted by molar-refractivity contribution is 0.193. The number of rotatable bonds is 28. The molecule has 0 saturated heterocycles. The van der Waals surface area contributed by atoms with E-state index < -0.39 is 7.82 Å². The summed E-state index contributed by atoms with van der Waals surface area (Å²) >= 11 is 0. The normalized spacial score (nSPS) is 11.9. The highest BCUT2D eigenvalue weighted by Crippen LogP contribution is 2.35. The smallest absolute Gasteiger partial charge is 0.309 e. The molecule has 38 heavy (non-hydrogen) atoms. The van der Waals surface area contributed by atoms with Crippen LogP contribution in [0, 0.1) is 0 Å². The van der Waals surface area contributed by atoms with Crippen LogP contribution in [0.15, 0.2) is 12.2 Å². The molecule has 0 aromatic carbocycles. The minimum absolute atomic E-state index is 0.158. The summed E-state index contributed by atoms with van der Waals surface area (Å²) in [5.41, 5.74) is 0. The SMILES string of the molecule is CCCCCCCC/C=C\CCCCCCCCOP(=O)(O)O.CCCCCCCCCCCCN(C)C. The van der Waals surface area contributed by atoms with Crippen LogP contribution in [0.5, 0.6) is 0 Å². The lowest BCUT2D eigenvalue weighted by atomic mass is 10.1. The number of hydrogen-bond acceptors (Lipinski definition) is 3. The van der Waals surface area contributed by atoms with Gasteiger partial charge in [0.15, 0.2) is 0 Å². The molecule has 0 atom stereocenters. The number of unbranched alkanes of at least 4 members (excludes halogenated alkanes) is 21. The Morgan fingerprint density at radius 2 is 0.895 bits per heavy atom. The van der Waals surface area contributed by atoms with E-state index in [1.807, 2.05) is 0 Å². The van der Waals surface area contributed by atoms with Gasteiger partial charge in [-0.25, -0.2) is 4.57 Å². The number of phosphoric ester groups is 1. The molecule has 0 bridgehead atoms. The van der Waals surface area contributed by atoms with Crippen LogP contribution >= 0.6 is 7.82 Å². The quantitative estimate of drug-likeness (QED) is 0.0565. The van der Waals surface area contributed by atoms with Crippen LogP contribution in [-0.2, 0) is 9.09 Å². The molecule has 0 aromatic heterocycles. The van der Waals surface area contributed by atoms with Crippen molar-refractivity contribution in [3.8, 4) is 0 Å². The molecule has 0 aromatic rings. The first kappa shape index (κ1) is 40.0. The summed E-state index contributed by atoms with van der Waals surface area (Å²) in [6, 6.07) is 0. The van der Waals surface area contributed by atoms with Gasteiger partial charge in [0, 0.05) is 0 Å². The third kappa shape index (κ3) is 42.9. The van der Waals surface area contributed by atoms with Crippen LogP contribution in [0.2, 0.25) is 0 Å². The Morgan fingerprint density at radius 3 is 1.26 bits per heavy atom. The zero-order valence-corrected chi connectivity index (χ0v) is 27.0. The van der Waals surface area contributed by atoms with Crippen LogP contribution in [-0.4, -0.2) is 41.9 Å². The van der Waals surface area contributed by atoms with E-state index in [-0.39, 0.29) is 6.61 Å². The molecule has 230 valence electrons. The number of allylic oxidation sites excluding steroid dienone is 2. The molecule has 0 spiro atoms. The fourth-order valence-electron chi connectivity index (χ4n) is 4.45. The fourth-order valence-corrected chi connectivity index (χ4v) is 4.82. The third-order valence-electron chi connectivity index (χ3n) is 6.87. The second-order valence-electron chi connectivity index (χ2n) is 11.2. The lowest BCUT2D eigenvalue weighted by Crippen LogP contribution is -2.12. The van der Waals surface area contributed by atoms with E-state index >= 15 is 0 Å². The molecule has 0 radical (unpaired) electrons. The highest BCUT2D eigenvalue weighted by molar-refractivity contribution is 7.46. The predicted molar refractivity (Wildman–Crippen MR) is 168 cm³/mol. The van der Waals surface area contributed by atoms with Gasteiger partial charge in [0.1, 0.15) is 0 Å². The highest BCUT2D eigenvalue weighted by Gasteiger charge is 2.12. The van der Waals surface area contributed by atoms with Gasteiger partial charge in [-0.3, -0.25) is 4.52 Å². The monoisotopic (exact) mass is 561 g/mol. The van der Waals surface area contributed by atoms with Crippen molar-refractivity contribution in [2.45, 2.75) is 168 Å². The molecule has 6 heteroatoms. The largest absolute Gasteiger partial charge is 0.469 e. The molecule has 0 heterocycles. The van der Waals surface area contributed by atoms with Crippen molar-refractivity contribution in [2.24, 2.45) is 0 Å². The summed E-state index contributed by atoms with van der Waals surface area (Å²) in [6.07, 6.45) is 36.1. The van der Waals surface area contributed by atoms with Gasteiger partial charge in [0.05, 0.1) is 6.61 Å². The molecular formula is C32H68NO4P. The summed E-state index contributed by atoms with van der Waals surface area (Å²) in [5.74, 6) is 0. The Hall–Kier alpha value is -0.190. The Labute approximate surface area is 238 Å². The number of hydrogen-bond donors (Lipinski definition) is 2. The summed E-state index contributed by atoms with van der Waals surface area (Å²) in [7, 11) is 0.0578. The summed E-state index contributed by atoms with van der Waals surface area (Å²) < 4.78 is 14.9. The Kier molecular flexibility index (Phi) is 34.7. The molecule has 0 unspecified atom stereocenters. The van der Waals surface area contributed by atoms with Crippen molar-refractivity contribution in [1.82, 2.24) is 4.90 Å². The van der Waals surface area contributed by atoms with E-state index in [0.717, 1.165) is 19.3 Å². The van der Waals surface area contributed by atoms with Gasteiger partial charge in [-0.05, 0) is 59.2 Å². The lowest BCUT2D eigenvalue weighted by Gasteiger charge is -2.08. The molecule has 5 nitrogen and oxygen atoms in total. The molecule has 0 aliphatic carbocycles. The van der Waals surface area contributed by atoms with Crippen molar-refractivity contribution in [1.29, 1.82) is 0 Å².